The fourth-order valence-electron chi connectivity index (χ4n) is 1.92. The molecule has 0 saturated carbocycles. The second kappa shape index (κ2) is 8.64. The number of aromatic nitrogens is 1. The van der Waals surface area contributed by atoms with Crippen LogP contribution in [0.15, 0.2) is 29.6 Å². The first-order valence-electron chi connectivity index (χ1n) is 7.25. The number of benzene rings is 1. The van der Waals surface area contributed by atoms with Gasteiger partial charge in [-0.05, 0) is 37.5 Å². The van der Waals surface area contributed by atoms with Gasteiger partial charge < -0.3 is 10.1 Å². The van der Waals surface area contributed by atoms with Crippen molar-refractivity contribution in [2.24, 2.45) is 0 Å². The first kappa shape index (κ1) is 17.4. The molecule has 122 valence electrons. The Morgan fingerprint density at radius 2 is 2.04 bits per heavy atom. The molecular weight excluding hydrogens is 336 g/mol. The van der Waals surface area contributed by atoms with Crippen molar-refractivity contribution in [1.29, 1.82) is 0 Å². The number of carbonyl (C=O) groups is 2. The van der Waals surface area contributed by atoms with Crippen molar-refractivity contribution in [2.75, 3.05) is 11.9 Å². The maximum Gasteiger partial charge on any atom is 0.357 e. The number of amides is 1. The zero-order chi connectivity index (χ0) is 16.7. The van der Waals surface area contributed by atoms with E-state index < -0.39 is 5.97 Å². The minimum Gasteiger partial charge on any atom is -0.461 e. The highest BCUT2D eigenvalue weighted by atomic mass is 35.5. The predicted octanol–water partition coefficient (Wildman–Crippen LogP) is 3.93. The summed E-state index contributed by atoms with van der Waals surface area (Å²) in [6, 6.07) is 7.58. The lowest BCUT2D eigenvalue weighted by Gasteiger charge is -2.03. The summed E-state index contributed by atoms with van der Waals surface area (Å²) >= 11 is 7.03. The summed E-state index contributed by atoms with van der Waals surface area (Å²) in [7, 11) is 0. The van der Waals surface area contributed by atoms with E-state index >= 15 is 0 Å². The van der Waals surface area contributed by atoms with Crippen LogP contribution in [0, 0.1) is 0 Å². The number of halogens is 1. The van der Waals surface area contributed by atoms with E-state index in [9.17, 15) is 9.59 Å². The van der Waals surface area contributed by atoms with Gasteiger partial charge in [-0.2, -0.15) is 0 Å². The number of hydrogen-bond acceptors (Lipinski definition) is 5. The summed E-state index contributed by atoms with van der Waals surface area (Å²) in [5.41, 5.74) is 1.36. The molecule has 0 atom stereocenters. The van der Waals surface area contributed by atoms with Crippen LogP contribution in [-0.4, -0.2) is 23.5 Å². The summed E-state index contributed by atoms with van der Waals surface area (Å²) in [4.78, 5) is 27.4. The first-order valence-corrected chi connectivity index (χ1v) is 8.51. The summed E-state index contributed by atoms with van der Waals surface area (Å²) < 4.78 is 4.85. The van der Waals surface area contributed by atoms with Gasteiger partial charge >= 0.3 is 5.97 Å². The monoisotopic (exact) mass is 352 g/mol. The number of hydrogen-bond donors (Lipinski definition) is 1. The smallest absolute Gasteiger partial charge is 0.357 e. The van der Waals surface area contributed by atoms with E-state index in [-0.39, 0.29) is 11.6 Å². The molecule has 0 radical (unpaired) electrons. The third-order valence-corrected chi connectivity index (χ3v) is 4.03. The van der Waals surface area contributed by atoms with Gasteiger partial charge in [-0.25, -0.2) is 9.78 Å². The van der Waals surface area contributed by atoms with Gasteiger partial charge in [0.15, 0.2) is 10.8 Å². The van der Waals surface area contributed by atoms with Crippen molar-refractivity contribution in [3.8, 4) is 0 Å². The predicted molar refractivity (Wildman–Crippen MR) is 91.1 cm³/mol. The molecule has 5 nitrogen and oxygen atoms in total. The van der Waals surface area contributed by atoms with Crippen LogP contribution in [0.5, 0.6) is 0 Å². The highest BCUT2D eigenvalue weighted by Crippen LogP contribution is 2.17. The van der Waals surface area contributed by atoms with Crippen LogP contribution in [-0.2, 0) is 16.0 Å². The molecule has 23 heavy (non-hydrogen) atoms. The van der Waals surface area contributed by atoms with Crippen LogP contribution in [0.1, 0.15) is 35.8 Å². The maximum absolute atomic E-state index is 11.9. The summed E-state index contributed by atoms with van der Waals surface area (Å²) in [6.07, 6.45) is 1.91. The molecule has 0 unspecified atom stereocenters. The summed E-state index contributed by atoms with van der Waals surface area (Å²) in [5.74, 6) is -0.601. The second-order valence-electron chi connectivity index (χ2n) is 4.79. The molecule has 1 heterocycles. The van der Waals surface area contributed by atoms with E-state index in [1.54, 1.807) is 12.3 Å². The number of ether oxygens (including phenoxy) is 1. The average molecular weight is 353 g/mol. The van der Waals surface area contributed by atoms with Crippen LogP contribution in [0.4, 0.5) is 5.13 Å². The lowest BCUT2D eigenvalue weighted by Crippen LogP contribution is -2.12. The van der Waals surface area contributed by atoms with Gasteiger partial charge in [0.1, 0.15) is 0 Å². The molecule has 7 heteroatoms. The largest absolute Gasteiger partial charge is 0.461 e. The molecule has 0 spiro atoms. The van der Waals surface area contributed by atoms with Gasteiger partial charge in [-0.3, -0.25) is 4.79 Å². The van der Waals surface area contributed by atoms with Crippen molar-refractivity contribution < 1.29 is 14.3 Å². The molecule has 2 aromatic rings. The fourth-order valence-corrected chi connectivity index (χ4v) is 2.74. The number of rotatable bonds is 7. The molecular formula is C16H17ClN2O3S. The number of carbonyl (C=O) groups excluding carboxylic acids is 2. The lowest BCUT2D eigenvalue weighted by atomic mass is 10.1. The number of nitrogens with one attached hydrogen (secondary N) is 1. The Bertz CT molecular complexity index is 670. The molecule has 0 bridgehead atoms. The third-order valence-electron chi connectivity index (χ3n) is 3.02. The van der Waals surface area contributed by atoms with Crippen molar-refractivity contribution in [3.05, 3.63) is 45.9 Å². The van der Waals surface area contributed by atoms with Crippen LogP contribution in [0.2, 0.25) is 5.02 Å². The molecule has 0 aliphatic heterocycles. The van der Waals surface area contributed by atoms with Gasteiger partial charge in [-0.15, -0.1) is 11.3 Å². The normalized spacial score (nSPS) is 10.3. The fraction of sp³-hybridized carbons (Fsp3) is 0.312. The minimum atomic E-state index is -0.480. The topological polar surface area (TPSA) is 68.3 Å². The number of aryl methyl sites for hydroxylation is 1. The number of anilines is 1. The molecule has 1 aromatic carbocycles. The number of nitrogens with zero attached hydrogens (tertiary/aromatic N) is 1. The van der Waals surface area contributed by atoms with E-state index in [1.165, 1.54) is 11.3 Å². The molecule has 1 aromatic heterocycles. The van der Waals surface area contributed by atoms with Gasteiger partial charge in [0, 0.05) is 16.8 Å². The van der Waals surface area contributed by atoms with Crippen molar-refractivity contribution >= 4 is 39.9 Å². The van der Waals surface area contributed by atoms with Crippen molar-refractivity contribution in [1.82, 2.24) is 4.98 Å². The van der Waals surface area contributed by atoms with Crippen LogP contribution in [0.25, 0.3) is 0 Å². The van der Waals surface area contributed by atoms with Crippen LogP contribution in [0.3, 0.4) is 0 Å². The molecule has 1 amide bonds. The van der Waals surface area contributed by atoms with Crippen LogP contribution < -0.4 is 5.32 Å². The van der Waals surface area contributed by atoms with Gasteiger partial charge in [0.05, 0.1) is 6.61 Å². The van der Waals surface area contributed by atoms with Gasteiger partial charge in [0.2, 0.25) is 5.91 Å². The minimum absolute atomic E-state index is 0.122. The van der Waals surface area contributed by atoms with E-state index in [0.717, 1.165) is 18.4 Å². The lowest BCUT2D eigenvalue weighted by molar-refractivity contribution is -0.116. The standard InChI is InChI=1S/C16H17ClN2O3S/c1-2-22-15(21)13-10-23-16(18-13)19-14(20)5-3-4-11-6-8-12(17)9-7-11/h6-10H,2-5H2,1H3,(H,18,19,20). The zero-order valence-electron chi connectivity index (χ0n) is 12.7. The Balaban J connectivity index is 1.76. The number of thiazole rings is 1. The van der Waals surface area contributed by atoms with Crippen LogP contribution >= 0.6 is 22.9 Å². The second-order valence-corrected chi connectivity index (χ2v) is 6.08. The van der Waals surface area contributed by atoms with E-state index in [4.69, 9.17) is 16.3 Å². The summed E-state index contributed by atoms with van der Waals surface area (Å²) in [6.45, 7) is 2.02. The molecule has 0 saturated heterocycles. The highest BCUT2D eigenvalue weighted by Gasteiger charge is 2.13. The first-order chi connectivity index (χ1) is 11.1. The molecule has 1 N–H and O–H groups in total. The van der Waals surface area contributed by atoms with Crippen molar-refractivity contribution in [3.63, 3.8) is 0 Å². The summed E-state index contributed by atoms with van der Waals surface area (Å²) in [5, 5.41) is 5.37. The molecule has 0 fully saturated rings. The average Bonchev–Trinajstić information content (AvgIpc) is 2.98. The van der Waals surface area contributed by atoms with Crippen molar-refractivity contribution in [2.45, 2.75) is 26.2 Å². The zero-order valence-corrected chi connectivity index (χ0v) is 14.2. The maximum atomic E-state index is 11.9. The Morgan fingerprint density at radius 1 is 1.30 bits per heavy atom. The third kappa shape index (κ3) is 5.65. The molecule has 0 aliphatic rings. The van der Waals surface area contributed by atoms with Gasteiger partial charge in [-0.1, -0.05) is 23.7 Å². The molecule has 0 aliphatic carbocycles. The Hall–Kier alpha value is -1.92. The van der Waals surface area contributed by atoms with E-state index in [1.807, 2.05) is 24.3 Å². The Labute approximate surface area is 143 Å². The molecule has 2 rings (SSSR count). The SMILES string of the molecule is CCOC(=O)c1csc(NC(=O)CCCc2ccc(Cl)cc2)n1. The van der Waals surface area contributed by atoms with E-state index in [0.29, 0.717) is 23.2 Å². The Morgan fingerprint density at radius 3 is 2.74 bits per heavy atom. The Kier molecular flexibility index (Phi) is 6.55. The van der Waals surface area contributed by atoms with E-state index in [2.05, 4.69) is 10.3 Å². The van der Waals surface area contributed by atoms with Gasteiger partial charge in [0.25, 0.3) is 0 Å². The quantitative estimate of drug-likeness (QED) is 0.766. The highest BCUT2D eigenvalue weighted by molar-refractivity contribution is 7.14. The number of esters is 1.